The van der Waals surface area contributed by atoms with E-state index in [1.54, 1.807) is 41.3 Å². The molecule has 0 fully saturated rings. The summed E-state index contributed by atoms with van der Waals surface area (Å²) >= 11 is 6.45. The van der Waals surface area contributed by atoms with Gasteiger partial charge in [-0.15, -0.1) is 0 Å². The highest BCUT2D eigenvalue weighted by Gasteiger charge is 2.40. The second kappa shape index (κ2) is 7.09. The molecule has 3 aromatic rings. The van der Waals surface area contributed by atoms with Crippen molar-refractivity contribution in [1.29, 1.82) is 0 Å². The predicted molar refractivity (Wildman–Crippen MR) is 111 cm³/mol. The Kier molecular flexibility index (Phi) is 4.61. The maximum Gasteiger partial charge on any atom is 0.262 e. The van der Waals surface area contributed by atoms with E-state index in [1.165, 1.54) is 7.11 Å². The Labute approximate surface area is 168 Å². The van der Waals surface area contributed by atoms with Crippen LogP contribution in [-0.2, 0) is 0 Å². The molecule has 142 valence electrons. The number of rotatable bonds is 3. The van der Waals surface area contributed by atoms with Gasteiger partial charge >= 0.3 is 0 Å². The molecule has 0 bridgehead atoms. The summed E-state index contributed by atoms with van der Waals surface area (Å²) in [4.78, 5) is 17.1. The predicted octanol–water partition coefficient (Wildman–Crippen LogP) is 4.85. The number of carbonyl (C=O) groups excluding carboxylic acids is 1. The van der Waals surface area contributed by atoms with Crippen LogP contribution in [0.5, 0.6) is 11.5 Å². The van der Waals surface area contributed by atoms with Crippen LogP contribution in [-0.4, -0.2) is 25.2 Å². The van der Waals surface area contributed by atoms with E-state index >= 15 is 0 Å². The van der Waals surface area contributed by atoms with Gasteiger partial charge in [-0.2, -0.15) is 0 Å². The smallest absolute Gasteiger partial charge is 0.262 e. The number of halogens is 1. The number of nitrogens with zero attached hydrogens (tertiary/aromatic N) is 2. The van der Waals surface area contributed by atoms with Gasteiger partial charge in [0.25, 0.3) is 5.91 Å². The van der Waals surface area contributed by atoms with Gasteiger partial charge in [0.2, 0.25) is 0 Å². The highest BCUT2D eigenvalue weighted by atomic mass is 35.5. The van der Waals surface area contributed by atoms with E-state index in [4.69, 9.17) is 16.3 Å². The zero-order valence-electron chi connectivity index (χ0n) is 15.5. The van der Waals surface area contributed by atoms with Gasteiger partial charge in [-0.3, -0.25) is 9.69 Å². The standard InChI is InChI=1S/C22H19ClN2O3/c1-24-17-11-5-3-8-14(17)22(27)25(18-12-6-4-10-16(18)23)21(24)15-9-7-13-19(28-2)20(15)26/h3-13,21,26H,1-2H3/t21-/m0/s1. The molecule has 28 heavy (non-hydrogen) atoms. The minimum Gasteiger partial charge on any atom is -0.504 e. The van der Waals surface area contributed by atoms with Gasteiger partial charge in [-0.05, 0) is 30.3 Å². The second-order valence-electron chi connectivity index (χ2n) is 6.53. The molecular weight excluding hydrogens is 376 g/mol. The van der Waals surface area contributed by atoms with E-state index < -0.39 is 6.17 Å². The highest BCUT2D eigenvalue weighted by Crippen LogP contribution is 2.46. The van der Waals surface area contributed by atoms with Crippen LogP contribution < -0.4 is 14.5 Å². The molecule has 1 heterocycles. The molecule has 0 saturated carbocycles. The topological polar surface area (TPSA) is 53.0 Å². The third kappa shape index (κ3) is 2.75. The summed E-state index contributed by atoms with van der Waals surface area (Å²) in [7, 11) is 3.38. The number of benzene rings is 3. The number of amides is 1. The Morgan fingerprint density at radius 2 is 1.64 bits per heavy atom. The van der Waals surface area contributed by atoms with Crippen molar-refractivity contribution in [2.75, 3.05) is 24.0 Å². The maximum absolute atomic E-state index is 13.5. The lowest BCUT2D eigenvalue weighted by molar-refractivity contribution is 0.0969. The summed E-state index contributed by atoms with van der Waals surface area (Å²) in [5, 5.41) is 11.3. The monoisotopic (exact) mass is 394 g/mol. The minimum absolute atomic E-state index is 0.00825. The maximum atomic E-state index is 13.5. The number of methoxy groups -OCH3 is 1. The lowest BCUT2D eigenvalue weighted by Crippen LogP contribution is -2.48. The van der Waals surface area contributed by atoms with Crippen LogP contribution in [0, 0.1) is 0 Å². The van der Waals surface area contributed by atoms with Gasteiger partial charge < -0.3 is 14.7 Å². The molecule has 1 amide bonds. The first-order valence-corrected chi connectivity index (χ1v) is 9.18. The average Bonchev–Trinajstić information content (AvgIpc) is 2.72. The summed E-state index contributed by atoms with van der Waals surface area (Å²) < 4.78 is 5.27. The highest BCUT2D eigenvalue weighted by molar-refractivity contribution is 6.34. The van der Waals surface area contributed by atoms with Crippen LogP contribution >= 0.6 is 11.6 Å². The van der Waals surface area contributed by atoms with Gasteiger partial charge in [0, 0.05) is 12.6 Å². The van der Waals surface area contributed by atoms with Gasteiger partial charge in [0.05, 0.1) is 29.1 Å². The lowest BCUT2D eigenvalue weighted by Gasteiger charge is -2.44. The van der Waals surface area contributed by atoms with E-state index in [-0.39, 0.29) is 11.7 Å². The normalized spacial score (nSPS) is 16.1. The van der Waals surface area contributed by atoms with Crippen LogP contribution in [0.25, 0.3) is 0 Å². The number of para-hydroxylation sites is 3. The Balaban J connectivity index is 1.98. The fourth-order valence-corrected chi connectivity index (χ4v) is 3.88. The molecule has 0 radical (unpaired) electrons. The number of hydrogen-bond acceptors (Lipinski definition) is 4. The van der Waals surface area contributed by atoms with E-state index in [9.17, 15) is 9.90 Å². The Morgan fingerprint density at radius 3 is 2.36 bits per heavy atom. The SMILES string of the molecule is COc1cccc([C@H]2N(C)c3ccccc3C(=O)N2c2ccccc2Cl)c1O. The number of hydrogen-bond donors (Lipinski definition) is 1. The van der Waals surface area contributed by atoms with Crippen LogP contribution in [0.2, 0.25) is 5.02 Å². The first-order chi connectivity index (χ1) is 13.5. The largest absolute Gasteiger partial charge is 0.504 e. The summed E-state index contributed by atoms with van der Waals surface area (Å²) in [6.45, 7) is 0. The van der Waals surface area contributed by atoms with Crippen molar-refractivity contribution in [1.82, 2.24) is 0 Å². The van der Waals surface area contributed by atoms with Crippen molar-refractivity contribution in [3.8, 4) is 11.5 Å². The summed E-state index contributed by atoms with van der Waals surface area (Å²) in [6.07, 6.45) is -0.600. The molecule has 0 spiro atoms. The Morgan fingerprint density at radius 1 is 0.964 bits per heavy atom. The number of phenolic OH excluding ortho intramolecular Hbond substituents is 1. The molecule has 0 unspecified atom stereocenters. The van der Waals surface area contributed by atoms with E-state index in [2.05, 4.69) is 0 Å². The van der Waals surface area contributed by atoms with E-state index in [0.717, 1.165) is 5.69 Å². The number of fused-ring (bicyclic) bond motifs is 1. The molecule has 0 saturated heterocycles. The lowest BCUT2D eigenvalue weighted by atomic mass is 10.00. The molecule has 3 aromatic carbocycles. The second-order valence-corrected chi connectivity index (χ2v) is 6.93. The van der Waals surface area contributed by atoms with Crippen LogP contribution in [0.1, 0.15) is 22.1 Å². The third-order valence-electron chi connectivity index (χ3n) is 4.98. The van der Waals surface area contributed by atoms with Gasteiger partial charge in [-0.1, -0.05) is 48.0 Å². The first-order valence-electron chi connectivity index (χ1n) is 8.80. The molecule has 1 atom stereocenters. The van der Waals surface area contributed by atoms with Gasteiger partial charge in [0.15, 0.2) is 11.5 Å². The van der Waals surface area contributed by atoms with E-state index in [0.29, 0.717) is 27.6 Å². The fourth-order valence-electron chi connectivity index (χ4n) is 3.66. The summed E-state index contributed by atoms with van der Waals surface area (Å²) in [5.74, 6) is 0.149. The van der Waals surface area contributed by atoms with Crippen LogP contribution in [0.4, 0.5) is 11.4 Å². The molecular formula is C22H19ClN2O3. The van der Waals surface area contributed by atoms with Crippen molar-refractivity contribution < 1.29 is 14.6 Å². The van der Waals surface area contributed by atoms with Crippen LogP contribution in [0.15, 0.2) is 66.7 Å². The molecule has 6 heteroatoms. The zero-order valence-corrected chi connectivity index (χ0v) is 16.2. The average molecular weight is 395 g/mol. The van der Waals surface area contributed by atoms with Crippen molar-refractivity contribution in [3.63, 3.8) is 0 Å². The van der Waals surface area contributed by atoms with Gasteiger partial charge in [-0.25, -0.2) is 0 Å². The molecule has 0 aliphatic carbocycles. The van der Waals surface area contributed by atoms with Crippen molar-refractivity contribution in [2.45, 2.75) is 6.17 Å². The third-order valence-corrected chi connectivity index (χ3v) is 5.30. The van der Waals surface area contributed by atoms with Crippen molar-refractivity contribution in [2.24, 2.45) is 0 Å². The molecule has 0 aromatic heterocycles. The van der Waals surface area contributed by atoms with Crippen LogP contribution in [0.3, 0.4) is 0 Å². The number of ether oxygens (including phenoxy) is 1. The summed E-state index contributed by atoms with van der Waals surface area (Å²) in [5.41, 5.74) is 2.47. The molecule has 1 aliphatic heterocycles. The number of phenols is 1. The van der Waals surface area contributed by atoms with Crippen molar-refractivity contribution >= 4 is 28.9 Å². The van der Waals surface area contributed by atoms with Gasteiger partial charge in [0.1, 0.15) is 6.17 Å². The summed E-state index contributed by atoms with van der Waals surface area (Å²) in [6, 6.07) is 19.8. The Hall–Kier alpha value is -3.18. The first kappa shape index (κ1) is 18.2. The minimum atomic E-state index is -0.600. The quantitative estimate of drug-likeness (QED) is 0.690. The van der Waals surface area contributed by atoms with Crippen molar-refractivity contribution in [3.05, 3.63) is 82.9 Å². The molecule has 4 rings (SSSR count). The molecule has 1 N–H and O–H groups in total. The number of aromatic hydroxyl groups is 1. The fraction of sp³-hybridized carbons (Fsp3) is 0.136. The zero-order chi connectivity index (χ0) is 19.8. The molecule has 5 nitrogen and oxygen atoms in total. The van der Waals surface area contributed by atoms with E-state index in [1.807, 2.05) is 42.3 Å². The number of anilines is 2. The Bertz CT molecular complexity index is 1050. The number of carbonyl (C=O) groups is 1. The molecule has 1 aliphatic rings.